The Balaban J connectivity index is 0.981. The maximum absolute atomic E-state index is 15.2. The van der Waals surface area contributed by atoms with Crippen LogP contribution in [0.15, 0.2) is 30.5 Å². The Kier molecular flexibility index (Phi) is 15.4. The lowest BCUT2D eigenvalue weighted by Crippen LogP contribution is -2.62. The standard InChI is InChI=1S/C56H79F3N10O7/c1-36(73-4)48-43(25-39(28-61-48)65-19-18-64-20-22-74-31-40(64)29-65)50-44-27-54(2,3)35-76-53(72)45-10-7-16-69(63-45)52(71)46(62-51(70)49(37-8-5-6-9-37)67-17-14-55(33-67)13-15-60-32-55)26-41-30-66(21-23-75-41)38-11-12-47(42(44)24-38)68(50)34-56(57,58)59/h11-12,24-25,28,36-37,40-41,45-46,49,60,63H,5-10,13-23,26-27,29-35H2,1-4H3,(H,62,70)/t36-,40-,41-,45-,46-,49-,55-/m0/s1. The lowest BCUT2D eigenvalue weighted by Gasteiger charge is -2.44. The number of amides is 2. The van der Waals surface area contributed by atoms with E-state index in [-0.39, 0.29) is 54.7 Å². The van der Waals surface area contributed by atoms with Gasteiger partial charge in [-0.25, -0.2) is 5.43 Å². The van der Waals surface area contributed by atoms with Gasteiger partial charge >= 0.3 is 12.1 Å². The summed E-state index contributed by atoms with van der Waals surface area (Å²) in [5.41, 5.74) is 6.73. The Morgan fingerprint density at radius 2 is 1.80 bits per heavy atom. The van der Waals surface area contributed by atoms with Gasteiger partial charge in [-0.3, -0.25) is 34.2 Å². The summed E-state index contributed by atoms with van der Waals surface area (Å²) in [6.45, 7) is 14.1. The van der Waals surface area contributed by atoms with Crippen molar-refractivity contribution in [1.29, 1.82) is 0 Å². The average molecular weight is 1060 g/mol. The van der Waals surface area contributed by atoms with Gasteiger partial charge in [-0.2, -0.15) is 13.2 Å². The average Bonchev–Trinajstić information content (AvgIpc) is 4.26. The first-order valence-corrected chi connectivity index (χ1v) is 28.2. The number of rotatable bonds is 9. The zero-order valence-electron chi connectivity index (χ0n) is 44.9. The molecule has 2 aromatic heterocycles. The molecular formula is C56H79F3N10O7. The topological polar surface area (TPSA) is 158 Å². The molecule has 7 fully saturated rings. The van der Waals surface area contributed by atoms with Crippen molar-refractivity contribution < 1.29 is 46.5 Å². The van der Waals surface area contributed by atoms with Crippen LogP contribution in [-0.4, -0.2) is 184 Å². The number of nitrogens with zero attached hydrogens (tertiary/aromatic N) is 7. The molecule has 1 aliphatic carbocycles. The quantitative estimate of drug-likeness (QED) is 0.233. The number of benzene rings is 1. The number of ether oxygens (including phenoxy) is 4. The fraction of sp³-hybridized carbons (Fsp3) is 0.714. The first-order valence-electron chi connectivity index (χ1n) is 28.2. The van der Waals surface area contributed by atoms with E-state index >= 15 is 13.2 Å². The first-order chi connectivity index (χ1) is 36.5. The fourth-order valence-electron chi connectivity index (χ4n) is 14.0. The number of pyridine rings is 1. The van der Waals surface area contributed by atoms with E-state index in [1.54, 1.807) is 13.2 Å². The third-order valence-corrected chi connectivity index (χ3v) is 18.1. The summed E-state index contributed by atoms with van der Waals surface area (Å²) in [7, 11) is 1.58. The monoisotopic (exact) mass is 1060 g/mol. The molecule has 76 heavy (non-hydrogen) atoms. The Morgan fingerprint density at radius 1 is 0.974 bits per heavy atom. The maximum Gasteiger partial charge on any atom is 0.406 e. The number of hydrogen-bond acceptors (Lipinski definition) is 14. The third kappa shape index (κ3) is 11.2. The van der Waals surface area contributed by atoms with E-state index in [4.69, 9.17) is 23.9 Å². The number of carbonyl (C=O) groups excluding carboxylic acids is 3. The van der Waals surface area contributed by atoms with E-state index < -0.39 is 48.4 Å². The number of hydrogen-bond donors (Lipinski definition) is 3. The molecule has 416 valence electrons. The normalized spacial score (nSPS) is 29.2. The molecule has 3 aromatic rings. The van der Waals surface area contributed by atoms with Gasteiger partial charge in [0.1, 0.15) is 18.6 Å². The SMILES string of the molecule is CO[C@@H](C)c1ncc(N2CCN3CCOC[C@@H]3C2)cc1-c1c2c3cc(ccc3n1CC(F)(F)F)N1CCO[C@@H](C[C@H](NC(=O)[C@H](C3CCCC3)N3CC[C@]4(CCNC4)C3)C(=O)N3CCC[C@H](N3)C(=O)OCC(C)(C)C2)C1. The number of carbonyl (C=O) groups is 3. The van der Waals surface area contributed by atoms with Gasteiger partial charge in [0.2, 0.25) is 5.91 Å². The number of aromatic nitrogens is 2. The van der Waals surface area contributed by atoms with Gasteiger partial charge in [0.15, 0.2) is 0 Å². The minimum absolute atomic E-state index is 0.0450. The Bertz CT molecular complexity index is 2600. The van der Waals surface area contributed by atoms with E-state index in [0.717, 1.165) is 95.7 Å². The number of cyclic esters (lactones) is 1. The number of methoxy groups -OCH3 is 1. The predicted molar refractivity (Wildman–Crippen MR) is 282 cm³/mol. The van der Waals surface area contributed by atoms with Crippen LogP contribution in [0.3, 0.4) is 0 Å². The van der Waals surface area contributed by atoms with Crippen molar-refractivity contribution in [2.45, 2.75) is 134 Å². The van der Waals surface area contributed by atoms with Crippen molar-refractivity contribution >= 4 is 40.1 Å². The molecule has 9 heterocycles. The maximum atomic E-state index is 15.2. The van der Waals surface area contributed by atoms with Crippen molar-refractivity contribution in [2.75, 3.05) is 115 Å². The number of alkyl halides is 3. The van der Waals surface area contributed by atoms with E-state index in [1.165, 1.54) is 9.58 Å². The van der Waals surface area contributed by atoms with Crippen LogP contribution in [0, 0.1) is 16.7 Å². The lowest BCUT2D eigenvalue weighted by atomic mass is 9.84. The minimum Gasteiger partial charge on any atom is -0.464 e. The number of likely N-dealkylation sites (tertiary alicyclic amines) is 1. The second-order valence-corrected chi connectivity index (χ2v) is 24.1. The summed E-state index contributed by atoms with van der Waals surface area (Å²) in [4.78, 5) is 58.5. The third-order valence-electron chi connectivity index (χ3n) is 18.1. The number of piperazine rings is 1. The molecular weight excluding hydrogens is 982 g/mol. The highest BCUT2D eigenvalue weighted by Crippen LogP contribution is 2.45. The number of nitrogens with one attached hydrogen (secondary N) is 3. The van der Waals surface area contributed by atoms with Gasteiger partial charge in [0.05, 0.1) is 74.0 Å². The molecule has 7 atom stereocenters. The number of hydrazine groups is 1. The zero-order valence-corrected chi connectivity index (χ0v) is 44.9. The largest absolute Gasteiger partial charge is 0.464 e. The number of halogens is 3. The Hall–Kier alpha value is -4.57. The van der Waals surface area contributed by atoms with E-state index in [1.807, 2.05) is 45.2 Å². The van der Waals surface area contributed by atoms with Gasteiger partial charge in [0.25, 0.3) is 5.91 Å². The molecule has 11 rings (SSSR count). The van der Waals surface area contributed by atoms with E-state index in [0.29, 0.717) is 92.3 Å². The number of fused-ring (bicyclic) bond motifs is 7. The van der Waals surface area contributed by atoms with Gasteiger partial charge < -0.3 is 43.9 Å². The van der Waals surface area contributed by atoms with Crippen molar-refractivity contribution in [3.05, 3.63) is 41.7 Å². The smallest absolute Gasteiger partial charge is 0.406 e. The predicted octanol–water partition coefficient (Wildman–Crippen LogP) is 5.44. The van der Waals surface area contributed by atoms with Gasteiger partial charge in [0, 0.05) is 100 Å². The molecule has 0 radical (unpaired) electrons. The molecule has 3 N–H and O–H groups in total. The molecule has 6 saturated heterocycles. The van der Waals surface area contributed by atoms with Crippen LogP contribution < -0.4 is 25.9 Å². The van der Waals surface area contributed by atoms with Crippen molar-refractivity contribution in [2.24, 2.45) is 16.7 Å². The van der Waals surface area contributed by atoms with Crippen LogP contribution in [0.25, 0.3) is 22.2 Å². The summed E-state index contributed by atoms with van der Waals surface area (Å²) >= 11 is 0. The van der Waals surface area contributed by atoms with E-state index in [9.17, 15) is 14.4 Å². The highest BCUT2D eigenvalue weighted by molar-refractivity contribution is 5.95. The molecule has 0 unspecified atom stereocenters. The van der Waals surface area contributed by atoms with Crippen molar-refractivity contribution in [3.8, 4) is 11.3 Å². The summed E-state index contributed by atoms with van der Waals surface area (Å²) in [6, 6.07) is 5.67. The highest BCUT2D eigenvalue weighted by atomic mass is 19.4. The number of esters is 1. The summed E-state index contributed by atoms with van der Waals surface area (Å²) in [5, 5.41) is 9.00. The molecule has 8 aliphatic rings. The van der Waals surface area contributed by atoms with Gasteiger partial charge in [-0.15, -0.1) is 0 Å². The zero-order chi connectivity index (χ0) is 52.9. The van der Waals surface area contributed by atoms with Crippen LogP contribution in [0.4, 0.5) is 24.5 Å². The minimum atomic E-state index is -4.59. The van der Waals surface area contributed by atoms with Gasteiger partial charge in [-0.05, 0) is 106 Å². The number of morpholine rings is 2. The number of anilines is 2. The van der Waals surface area contributed by atoms with Crippen LogP contribution >= 0.6 is 0 Å². The molecule has 1 spiro atoms. The summed E-state index contributed by atoms with van der Waals surface area (Å²) in [6.07, 6.45) is 3.75. The van der Waals surface area contributed by atoms with Crippen molar-refractivity contribution in [3.63, 3.8) is 0 Å². The lowest BCUT2D eigenvalue weighted by molar-refractivity contribution is -0.156. The van der Waals surface area contributed by atoms with Gasteiger partial charge in [-0.1, -0.05) is 26.7 Å². The highest BCUT2D eigenvalue weighted by Gasteiger charge is 2.48. The van der Waals surface area contributed by atoms with Crippen LogP contribution in [0.2, 0.25) is 0 Å². The molecule has 1 aromatic carbocycles. The van der Waals surface area contributed by atoms with Crippen LogP contribution in [0.5, 0.6) is 0 Å². The Labute approximate surface area is 444 Å². The molecule has 7 aliphatic heterocycles. The molecule has 6 bridgehead atoms. The molecule has 20 heteroatoms. The molecule has 2 amide bonds. The summed E-state index contributed by atoms with van der Waals surface area (Å²) in [5.74, 6) is -0.804. The van der Waals surface area contributed by atoms with Crippen LogP contribution in [-0.2, 0) is 46.3 Å². The second kappa shape index (κ2) is 21.9. The second-order valence-electron chi connectivity index (χ2n) is 24.1. The first kappa shape index (κ1) is 53.4. The molecule has 17 nitrogen and oxygen atoms in total. The van der Waals surface area contributed by atoms with Crippen molar-refractivity contribution in [1.82, 2.24) is 40.4 Å². The Morgan fingerprint density at radius 3 is 2.59 bits per heavy atom. The fourth-order valence-corrected chi connectivity index (χ4v) is 14.0. The van der Waals surface area contributed by atoms with Crippen LogP contribution in [0.1, 0.15) is 95.9 Å². The summed E-state index contributed by atoms with van der Waals surface area (Å²) < 4.78 is 71.5. The molecule has 1 saturated carbocycles. The van der Waals surface area contributed by atoms with E-state index in [2.05, 4.69) is 35.7 Å².